The molecule has 2 saturated heterocycles. The number of aromatic nitrogens is 2. The second-order valence-corrected chi connectivity index (χ2v) is 7.37. The highest BCUT2D eigenvalue weighted by molar-refractivity contribution is 5.93. The van der Waals surface area contributed by atoms with Crippen molar-refractivity contribution in [2.24, 2.45) is 17.8 Å². The highest BCUT2D eigenvalue weighted by Crippen LogP contribution is 2.33. The third-order valence-corrected chi connectivity index (χ3v) is 5.10. The number of likely N-dealkylation sites (tertiary alicyclic amines) is 1. The molecule has 0 spiro atoms. The first-order valence-electron chi connectivity index (χ1n) is 8.99. The molecular formula is C18H26N4O3. The van der Waals surface area contributed by atoms with Crippen LogP contribution >= 0.6 is 0 Å². The Labute approximate surface area is 148 Å². The van der Waals surface area contributed by atoms with Gasteiger partial charge in [0, 0.05) is 37.9 Å². The number of ether oxygens (including phenoxy) is 1. The summed E-state index contributed by atoms with van der Waals surface area (Å²) in [5.74, 6) is 1.15. The van der Waals surface area contributed by atoms with Gasteiger partial charge in [-0.05, 0) is 18.4 Å². The molecule has 7 heteroatoms. The molecule has 2 amide bonds. The van der Waals surface area contributed by atoms with Gasteiger partial charge in [-0.1, -0.05) is 13.8 Å². The lowest BCUT2D eigenvalue weighted by Crippen LogP contribution is -2.35. The largest absolute Gasteiger partial charge is 0.376 e. The number of hydrogen-bond acceptors (Lipinski definition) is 5. The molecule has 1 aromatic heterocycles. The van der Waals surface area contributed by atoms with Gasteiger partial charge in [-0.15, -0.1) is 0 Å². The van der Waals surface area contributed by atoms with Gasteiger partial charge >= 0.3 is 0 Å². The van der Waals surface area contributed by atoms with Crippen LogP contribution in [-0.2, 0) is 9.53 Å². The molecule has 0 saturated carbocycles. The number of nitrogens with zero attached hydrogens (tertiary/aromatic N) is 3. The van der Waals surface area contributed by atoms with E-state index in [4.69, 9.17) is 4.74 Å². The van der Waals surface area contributed by atoms with Crippen molar-refractivity contribution in [3.05, 3.63) is 24.0 Å². The molecule has 2 fully saturated rings. The zero-order chi connectivity index (χ0) is 17.8. The lowest BCUT2D eigenvalue weighted by molar-refractivity contribution is -0.131. The van der Waals surface area contributed by atoms with E-state index < -0.39 is 0 Å². The highest BCUT2D eigenvalue weighted by atomic mass is 16.5. The summed E-state index contributed by atoms with van der Waals surface area (Å²) in [5, 5.41) is 10.3. The molecule has 0 unspecified atom stereocenters. The SMILES string of the molecule is CC(C)CCC(=O)N1C[C@@H]2[C@H](CNC(=O)c3ccnnc3)CO[C@@H]2C1. The quantitative estimate of drug-likeness (QED) is 0.834. The van der Waals surface area contributed by atoms with Gasteiger partial charge in [0.25, 0.3) is 5.91 Å². The number of rotatable bonds is 6. The van der Waals surface area contributed by atoms with Crippen LogP contribution in [0.25, 0.3) is 0 Å². The van der Waals surface area contributed by atoms with Gasteiger partial charge in [0.15, 0.2) is 0 Å². The summed E-state index contributed by atoms with van der Waals surface area (Å²) in [4.78, 5) is 26.4. The predicted octanol–water partition coefficient (Wildman–Crippen LogP) is 1.12. The first-order chi connectivity index (χ1) is 12.0. The van der Waals surface area contributed by atoms with Crippen molar-refractivity contribution >= 4 is 11.8 Å². The van der Waals surface area contributed by atoms with Crippen LogP contribution in [0.2, 0.25) is 0 Å². The molecule has 2 aliphatic rings. The number of amides is 2. The van der Waals surface area contributed by atoms with Crippen molar-refractivity contribution in [2.75, 3.05) is 26.2 Å². The Bertz CT molecular complexity index is 608. The molecular weight excluding hydrogens is 320 g/mol. The lowest BCUT2D eigenvalue weighted by atomic mass is 9.93. The van der Waals surface area contributed by atoms with Crippen LogP contribution in [0, 0.1) is 17.8 Å². The van der Waals surface area contributed by atoms with E-state index in [0.29, 0.717) is 43.5 Å². The molecule has 0 radical (unpaired) electrons. The maximum Gasteiger partial charge on any atom is 0.252 e. The van der Waals surface area contributed by atoms with Crippen LogP contribution in [0.1, 0.15) is 37.0 Å². The van der Waals surface area contributed by atoms with Crippen molar-refractivity contribution in [3.8, 4) is 0 Å². The van der Waals surface area contributed by atoms with Crippen molar-refractivity contribution in [3.63, 3.8) is 0 Å². The van der Waals surface area contributed by atoms with E-state index in [-0.39, 0.29) is 23.8 Å². The fourth-order valence-corrected chi connectivity index (χ4v) is 3.53. The molecule has 7 nitrogen and oxygen atoms in total. The number of fused-ring (bicyclic) bond motifs is 1. The number of nitrogens with one attached hydrogen (secondary N) is 1. The highest BCUT2D eigenvalue weighted by Gasteiger charge is 2.44. The van der Waals surface area contributed by atoms with Crippen LogP contribution in [0.3, 0.4) is 0 Å². The third kappa shape index (κ3) is 4.34. The van der Waals surface area contributed by atoms with Gasteiger partial charge in [-0.3, -0.25) is 9.59 Å². The summed E-state index contributed by atoms with van der Waals surface area (Å²) in [6.07, 6.45) is 4.58. The van der Waals surface area contributed by atoms with Crippen molar-refractivity contribution in [2.45, 2.75) is 32.8 Å². The first kappa shape index (κ1) is 17.8. The molecule has 3 heterocycles. The van der Waals surface area contributed by atoms with E-state index in [0.717, 1.165) is 13.0 Å². The Hall–Kier alpha value is -2.02. The van der Waals surface area contributed by atoms with E-state index in [1.807, 2.05) is 4.90 Å². The average Bonchev–Trinajstić information content (AvgIpc) is 3.19. The fourth-order valence-electron chi connectivity index (χ4n) is 3.53. The zero-order valence-corrected chi connectivity index (χ0v) is 14.9. The summed E-state index contributed by atoms with van der Waals surface area (Å²) >= 11 is 0. The smallest absolute Gasteiger partial charge is 0.252 e. The van der Waals surface area contributed by atoms with Gasteiger partial charge in [-0.25, -0.2) is 0 Å². The molecule has 25 heavy (non-hydrogen) atoms. The molecule has 2 aliphatic heterocycles. The summed E-state index contributed by atoms with van der Waals surface area (Å²) in [5.41, 5.74) is 0.502. The minimum absolute atomic E-state index is 0.104. The van der Waals surface area contributed by atoms with E-state index in [1.54, 1.807) is 6.07 Å². The number of hydrogen-bond donors (Lipinski definition) is 1. The Morgan fingerprint density at radius 2 is 2.20 bits per heavy atom. The molecule has 0 bridgehead atoms. The standard InChI is InChI=1S/C18H26N4O3/c1-12(2)3-4-17(23)22-9-15-14(11-25-16(15)10-22)7-19-18(24)13-5-6-20-21-8-13/h5-6,8,12,14-16H,3-4,7,9-11H2,1-2H3,(H,19,24)/t14-,15-,16-/m1/s1. The number of carbonyl (C=O) groups excluding carboxylic acids is 2. The van der Waals surface area contributed by atoms with E-state index in [1.165, 1.54) is 12.4 Å². The topological polar surface area (TPSA) is 84.4 Å². The lowest BCUT2D eigenvalue weighted by Gasteiger charge is -2.20. The molecule has 3 rings (SSSR count). The maximum atomic E-state index is 12.3. The molecule has 0 aliphatic carbocycles. The third-order valence-electron chi connectivity index (χ3n) is 5.10. The Balaban J connectivity index is 1.49. The van der Waals surface area contributed by atoms with Crippen molar-refractivity contribution < 1.29 is 14.3 Å². The van der Waals surface area contributed by atoms with Crippen LogP contribution in [0.15, 0.2) is 18.5 Å². The monoisotopic (exact) mass is 346 g/mol. The second-order valence-electron chi connectivity index (χ2n) is 7.37. The summed E-state index contributed by atoms with van der Waals surface area (Å²) in [7, 11) is 0. The van der Waals surface area contributed by atoms with E-state index >= 15 is 0 Å². The van der Waals surface area contributed by atoms with Crippen molar-refractivity contribution in [1.82, 2.24) is 20.4 Å². The zero-order valence-electron chi connectivity index (χ0n) is 14.9. The van der Waals surface area contributed by atoms with Crippen LogP contribution in [0.4, 0.5) is 0 Å². The van der Waals surface area contributed by atoms with Gasteiger partial charge < -0.3 is 15.0 Å². The molecule has 1 N–H and O–H groups in total. The molecule has 3 atom stereocenters. The van der Waals surface area contributed by atoms with Crippen LogP contribution in [0.5, 0.6) is 0 Å². The maximum absolute atomic E-state index is 12.3. The van der Waals surface area contributed by atoms with Gasteiger partial charge in [0.1, 0.15) is 0 Å². The molecule has 136 valence electrons. The minimum atomic E-state index is -0.152. The first-order valence-corrected chi connectivity index (χ1v) is 8.99. The van der Waals surface area contributed by atoms with E-state index in [2.05, 4.69) is 29.4 Å². The average molecular weight is 346 g/mol. The molecule has 1 aromatic rings. The number of carbonyl (C=O) groups is 2. The Kier molecular flexibility index (Phi) is 5.63. The van der Waals surface area contributed by atoms with Crippen LogP contribution < -0.4 is 5.32 Å². The normalized spacial score (nSPS) is 25.2. The Morgan fingerprint density at radius 3 is 2.92 bits per heavy atom. The minimum Gasteiger partial charge on any atom is -0.376 e. The summed E-state index contributed by atoms with van der Waals surface area (Å²) < 4.78 is 5.87. The van der Waals surface area contributed by atoms with Gasteiger partial charge in [0.05, 0.1) is 30.7 Å². The summed E-state index contributed by atoms with van der Waals surface area (Å²) in [6, 6.07) is 1.64. The fraction of sp³-hybridized carbons (Fsp3) is 0.667. The predicted molar refractivity (Wildman–Crippen MR) is 91.7 cm³/mol. The van der Waals surface area contributed by atoms with Gasteiger partial charge in [0.2, 0.25) is 5.91 Å². The summed E-state index contributed by atoms with van der Waals surface area (Å²) in [6.45, 7) is 6.87. The van der Waals surface area contributed by atoms with Crippen LogP contribution in [-0.4, -0.2) is 59.3 Å². The Morgan fingerprint density at radius 1 is 1.36 bits per heavy atom. The molecule has 0 aromatic carbocycles. The van der Waals surface area contributed by atoms with E-state index in [9.17, 15) is 9.59 Å². The second kappa shape index (κ2) is 7.91. The van der Waals surface area contributed by atoms with Crippen molar-refractivity contribution in [1.29, 1.82) is 0 Å². The van der Waals surface area contributed by atoms with Gasteiger partial charge in [-0.2, -0.15) is 10.2 Å².